The first kappa shape index (κ1) is 12.3. The molecule has 2 aliphatic rings. The number of nitrogens with two attached hydrogens (primary N) is 1. The molecule has 4 unspecified atom stereocenters. The van der Waals surface area contributed by atoms with Gasteiger partial charge in [0.1, 0.15) is 0 Å². The Morgan fingerprint density at radius 2 is 2.12 bits per heavy atom. The molecule has 3 nitrogen and oxygen atoms in total. The van der Waals surface area contributed by atoms with Gasteiger partial charge in [0.15, 0.2) is 0 Å². The van der Waals surface area contributed by atoms with E-state index >= 15 is 0 Å². The Kier molecular flexibility index (Phi) is 4.22. The zero-order chi connectivity index (χ0) is 11.5. The van der Waals surface area contributed by atoms with E-state index in [-0.39, 0.29) is 0 Å². The van der Waals surface area contributed by atoms with Gasteiger partial charge in [0.2, 0.25) is 0 Å². The molecule has 2 rings (SSSR count). The van der Waals surface area contributed by atoms with Crippen molar-refractivity contribution < 1.29 is 4.74 Å². The molecule has 0 amide bonds. The highest BCUT2D eigenvalue weighted by molar-refractivity contribution is 4.84. The van der Waals surface area contributed by atoms with Crippen LogP contribution in [0, 0.1) is 5.92 Å². The van der Waals surface area contributed by atoms with Gasteiger partial charge < -0.3 is 15.4 Å². The molecule has 1 aliphatic heterocycles. The van der Waals surface area contributed by atoms with E-state index < -0.39 is 0 Å². The van der Waals surface area contributed by atoms with E-state index in [0.29, 0.717) is 18.2 Å². The lowest BCUT2D eigenvalue weighted by Gasteiger charge is -2.28. The van der Waals surface area contributed by atoms with Crippen molar-refractivity contribution >= 4 is 0 Å². The van der Waals surface area contributed by atoms with Crippen LogP contribution in [-0.4, -0.2) is 43.3 Å². The van der Waals surface area contributed by atoms with E-state index in [9.17, 15) is 0 Å². The molecule has 0 aromatic carbocycles. The summed E-state index contributed by atoms with van der Waals surface area (Å²) in [5.74, 6) is 0.764. The SMILES string of the molecule is CC1OCCC1N(C)CCC1CCCC1N. The number of likely N-dealkylation sites (N-methyl/N-ethyl adjacent to an activating group) is 1. The third-order valence-corrected chi connectivity index (χ3v) is 4.47. The van der Waals surface area contributed by atoms with Gasteiger partial charge in [0.05, 0.1) is 6.10 Å². The molecule has 1 heterocycles. The number of rotatable bonds is 4. The molecule has 0 spiro atoms. The summed E-state index contributed by atoms with van der Waals surface area (Å²) < 4.78 is 5.61. The van der Waals surface area contributed by atoms with Crippen LogP contribution in [-0.2, 0) is 4.74 Å². The number of nitrogens with zero attached hydrogens (tertiary/aromatic N) is 1. The minimum absolute atomic E-state index is 0.405. The van der Waals surface area contributed by atoms with Gasteiger partial charge in [-0.25, -0.2) is 0 Å². The zero-order valence-electron chi connectivity index (χ0n) is 10.7. The van der Waals surface area contributed by atoms with Gasteiger partial charge in [-0.3, -0.25) is 0 Å². The summed E-state index contributed by atoms with van der Waals surface area (Å²) in [6.07, 6.45) is 6.76. The maximum absolute atomic E-state index is 6.10. The van der Waals surface area contributed by atoms with Crippen molar-refractivity contribution in [2.75, 3.05) is 20.2 Å². The molecule has 1 aliphatic carbocycles. The van der Waals surface area contributed by atoms with Gasteiger partial charge in [0, 0.05) is 18.7 Å². The molecule has 1 saturated carbocycles. The van der Waals surface area contributed by atoms with Crippen LogP contribution in [0.2, 0.25) is 0 Å². The highest BCUT2D eigenvalue weighted by Crippen LogP contribution is 2.27. The summed E-state index contributed by atoms with van der Waals surface area (Å²) in [5, 5.41) is 0. The largest absolute Gasteiger partial charge is 0.377 e. The second-order valence-corrected chi connectivity index (χ2v) is 5.56. The van der Waals surface area contributed by atoms with Crippen molar-refractivity contribution in [1.82, 2.24) is 4.90 Å². The minimum atomic E-state index is 0.405. The summed E-state index contributed by atoms with van der Waals surface area (Å²) in [6, 6.07) is 1.09. The normalized spacial score (nSPS) is 39.8. The van der Waals surface area contributed by atoms with Crippen LogP contribution in [0.15, 0.2) is 0 Å². The molecule has 0 radical (unpaired) electrons. The van der Waals surface area contributed by atoms with Gasteiger partial charge in [-0.05, 0) is 52.1 Å². The quantitative estimate of drug-likeness (QED) is 0.791. The average Bonchev–Trinajstić information content (AvgIpc) is 2.84. The second kappa shape index (κ2) is 5.48. The van der Waals surface area contributed by atoms with Crippen molar-refractivity contribution in [2.45, 2.75) is 57.2 Å². The fourth-order valence-electron chi connectivity index (χ4n) is 3.26. The van der Waals surface area contributed by atoms with Crippen molar-refractivity contribution in [3.8, 4) is 0 Å². The van der Waals surface area contributed by atoms with Crippen molar-refractivity contribution in [3.05, 3.63) is 0 Å². The first-order chi connectivity index (χ1) is 7.68. The molecule has 94 valence electrons. The Balaban J connectivity index is 1.72. The average molecular weight is 226 g/mol. The molecule has 0 aromatic rings. The molecule has 16 heavy (non-hydrogen) atoms. The molecule has 2 fully saturated rings. The van der Waals surface area contributed by atoms with Crippen LogP contribution in [0.3, 0.4) is 0 Å². The topological polar surface area (TPSA) is 38.5 Å². The van der Waals surface area contributed by atoms with Crippen LogP contribution < -0.4 is 5.73 Å². The van der Waals surface area contributed by atoms with E-state index in [1.165, 1.54) is 38.6 Å². The molecule has 0 bridgehead atoms. The van der Waals surface area contributed by atoms with Crippen LogP contribution in [0.1, 0.15) is 39.0 Å². The Bertz CT molecular complexity index is 222. The minimum Gasteiger partial charge on any atom is -0.377 e. The van der Waals surface area contributed by atoms with E-state index in [1.54, 1.807) is 0 Å². The summed E-state index contributed by atoms with van der Waals surface area (Å²) >= 11 is 0. The highest BCUT2D eigenvalue weighted by Gasteiger charge is 2.29. The molecule has 0 aromatic heterocycles. The first-order valence-electron chi connectivity index (χ1n) is 6.76. The Morgan fingerprint density at radius 3 is 2.69 bits per heavy atom. The van der Waals surface area contributed by atoms with Gasteiger partial charge in [-0.1, -0.05) is 6.42 Å². The molecule has 4 atom stereocenters. The van der Waals surface area contributed by atoms with Gasteiger partial charge >= 0.3 is 0 Å². The lowest BCUT2D eigenvalue weighted by Crippen LogP contribution is -2.38. The van der Waals surface area contributed by atoms with Gasteiger partial charge in [-0.2, -0.15) is 0 Å². The summed E-state index contributed by atoms with van der Waals surface area (Å²) in [5.41, 5.74) is 6.10. The molecule has 2 N–H and O–H groups in total. The summed E-state index contributed by atoms with van der Waals surface area (Å²) in [4.78, 5) is 2.47. The van der Waals surface area contributed by atoms with E-state index in [2.05, 4.69) is 18.9 Å². The smallest absolute Gasteiger partial charge is 0.0702 e. The Labute approximate surface area is 99.3 Å². The van der Waals surface area contributed by atoms with Crippen LogP contribution in [0.4, 0.5) is 0 Å². The van der Waals surface area contributed by atoms with E-state index in [1.807, 2.05) is 0 Å². The summed E-state index contributed by atoms with van der Waals surface area (Å²) in [7, 11) is 2.23. The lowest BCUT2D eigenvalue weighted by atomic mass is 9.99. The third kappa shape index (κ3) is 2.76. The standard InChI is InChI=1S/C13H26N2O/c1-10-13(7-9-16-10)15(2)8-6-11-4-3-5-12(11)14/h10-13H,3-9,14H2,1-2H3. The fourth-order valence-corrected chi connectivity index (χ4v) is 3.26. The lowest BCUT2D eigenvalue weighted by molar-refractivity contribution is 0.0816. The third-order valence-electron chi connectivity index (χ3n) is 4.47. The number of hydrogen-bond donors (Lipinski definition) is 1. The van der Waals surface area contributed by atoms with Crippen LogP contribution in [0.5, 0.6) is 0 Å². The Hall–Kier alpha value is -0.120. The number of hydrogen-bond acceptors (Lipinski definition) is 3. The van der Waals surface area contributed by atoms with E-state index in [4.69, 9.17) is 10.5 Å². The zero-order valence-corrected chi connectivity index (χ0v) is 10.7. The van der Waals surface area contributed by atoms with Crippen molar-refractivity contribution in [2.24, 2.45) is 11.7 Å². The predicted molar refractivity (Wildman–Crippen MR) is 66.4 cm³/mol. The maximum Gasteiger partial charge on any atom is 0.0702 e. The van der Waals surface area contributed by atoms with Gasteiger partial charge in [0.25, 0.3) is 0 Å². The molecule has 3 heteroatoms. The Morgan fingerprint density at radius 1 is 1.31 bits per heavy atom. The second-order valence-electron chi connectivity index (χ2n) is 5.56. The fraction of sp³-hybridized carbons (Fsp3) is 1.00. The van der Waals surface area contributed by atoms with Crippen molar-refractivity contribution in [1.29, 1.82) is 0 Å². The number of ether oxygens (including phenoxy) is 1. The first-order valence-corrected chi connectivity index (χ1v) is 6.76. The van der Waals surface area contributed by atoms with Crippen LogP contribution in [0.25, 0.3) is 0 Å². The monoisotopic (exact) mass is 226 g/mol. The predicted octanol–water partition coefficient (Wildman–Crippen LogP) is 1.61. The van der Waals surface area contributed by atoms with Gasteiger partial charge in [-0.15, -0.1) is 0 Å². The maximum atomic E-state index is 6.10. The summed E-state index contributed by atoms with van der Waals surface area (Å²) in [6.45, 7) is 4.30. The highest BCUT2D eigenvalue weighted by atomic mass is 16.5. The van der Waals surface area contributed by atoms with Crippen molar-refractivity contribution in [3.63, 3.8) is 0 Å². The molecule has 1 saturated heterocycles. The molecular formula is C13H26N2O. The molecular weight excluding hydrogens is 200 g/mol. The van der Waals surface area contributed by atoms with Crippen LogP contribution >= 0.6 is 0 Å². The van der Waals surface area contributed by atoms with E-state index in [0.717, 1.165) is 12.5 Å².